The maximum atomic E-state index is 6.61. The molecule has 0 aliphatic carbocycles. The highest BCUT2D eigenvalue weighted by Crippen LogP contribution is 2.39. The molecule has 0 unspecified atom stereocenters. The van der Waals surface area contributed by atoms with Crippen molar-refractivity contribution in [3.05, 3.63) is 336 Å². The van der Waals surface area contributed by atoms with E-state index in [4.69, 9.17) is 77.8 Å². The average Bonchev–Trinajstić information content (AvgIpc) is 1.61. The van der Waals surface area contributed by atoms with Gasteiger partial charge >= 0.3 is 0 Å². The van der Waals surface area contributed by atoms with Gasteiger partial charge in [0.2, 0.25) is 0 Å². The fourth-order valence-corrected chi connectivity index (χ4v) is 11.3. The van der Waals surface area contributed by atoms with Gasteiger partial charge in [-0.15, -0.1) is 0 Å². The Bertz CT molecular complexity index is 5360. The van der Waals surface area contributed by atoms with Gasteiger partial charge in [0.15, 0.2) is 46.7 Å². The lowest BCUT2D eigenvalue weighted by atomic mass is 10.1. The number of nitrogens with zero attached hydrogens (tertiary/aromatic N) is 8. The highest BCUT2D eigenvalue weighted by molar-refractivity contribution is 6.35. The van der Waals surface area contributed by atoms with Crippen molar-refractivity contribution in [2.45, 2.75) is 0 Å². The van der Waals surface area contributed by atoms with Crippen molar-refractivity contribution in [1.82, 2.24) is 0 Å². The summed E-state index contributed by atoms with van der Waals surface area (Å²) in [5, 5.41) is 0. The van der Waals surface area contributed by atoms with E-state index in [2.05, 4.69) is 0 Å². The normalized spacial score (nSPS) is 13.5. The summed E-state index contributed by atoms with van der Waals surface area (Å²) in [6.07, 6.45) is 0. The maximum absolute atomic E-state index is 6.61. The summed E-state index contributed by atoms with van der Waals surface area (Å²) in [6.45, 7) is 0. The van der Waals surface area contributed by atoms with Crippen LogP contribution >= 0.6 is 0 Å². The first kappa shape index (κ1) is 56.4. The van der Waals surface area contributed by atoms with E-state index in [0.717, 1.165) is 0 Å². The quantitative estimate of drug-likeness (QED) is 0.0919. The predicted molar refractivity (Wildman–Crippen MR) is 370 cm³/mol. The second-order valence-electron chi connectivity index (χ2n) is 22.3. The second-order valence-corrected chi connectivity index (χ2v) is 22.3. The number of para-hydroxylation sites is 4. The molecule has 8 bridgehead atoms. The van der Waals surface area contributed by atoms with Crippen molar-refractivity contribution in [3.8, 4) is 92.0 Å². The molecule has 0 amide bonds. The molecule has 12 aromatic carbocycles. The van der Waals surface area contributed by atoms with Gasteiger partial charge < -0.3 is 37.9 Å². The molecule has 12 aromatic rings. The number of ether oxygens (including phenoxy) is 8. The third-order valence-corrected chi connectivity index (χ3v) is 15.7. The summed E-state index contributed by atoms with van der Waals surface area (Å²) in [4.78, 5) is 42.1. The Labute approximate surface area is 549 Å². The minimum atomic E-state index is 0.303. The van der Waals surface area contributed by atoms with Crippen LogP contribution in [0.3, 0.4) is 0 Å². The fourth-order valence-electron chi connectivity index (χ4n) is 11.3. The smallest absolute Gasteiger partial charge is 0.164 e. The van der Waals surface area contributed by atoms with E-state index in [1.807, 2.05) is 291 Å². The summed E-state index contributed by atoms with van der Waals surface area (Å²) in [5.41, 5.74) is 5.17. The predicted octanol–water partition coefficient (Wildman–Crippen LogP) is 19.2. The lowest BCUT2D eigenvalue weighted by Crippen LogP contribution is -2.03. The first-order valence-electron chi connectivity index (χ1n) is 30.7. The van der Waals surface area contributed by atoms with E-state index >= 15 is 0 Å². The average molecular weight is 1250 g/mol. The largest absolute Gasteiger partial charge is 0.457 e. The zero-order valence-corrected chi connectivity index (χ0v) is 50.6. The van der Waals surface area contributed by atoms with Gasteiger partial charge in [-0.25, -0.2) is 39.9 Å². The van der Waals surface area contributed by atoms with E-state index in [1.165, 1.54) is 0 Å². The zero-order valence-electron chi connectivity index (χ0n) is 50.6. The van der Waals surface area contributed by atoms with Crippen LogP contribution in [0, 0.1) is 0 Å². The van der Waals surface area contributed by atoms with Gasteiger partial charge in [0.25, 0.3) is 0 Å². The Kier molecular flexibility index (Phi) is 14.4. The van der Waals surface area contributed by atoms with Crippen LogP contribution in [0.1, 0.15) is 44.5 Å². The molecular formula is C80H48N8O8. The monoisotopic (exact) mass is 1250 g/mol. The number of aliphatic imine (C=N–C) groups is 8. The minimum Gasteiger partial charge on any atom is -0.457 e. The Morgan fingerprint density at radius 3 is 0.479 bits per heavy atom. The number of hydrogen-bond donors (Lipinski definition) is 0. The van der Waals surface area contributed by atoms with Crippen molar-refractivity contribution in [3.63, 3.8) is 0 Å². The standard InChI is InChI=1S/C80H48N8O8/c1-5-17-49(18-6-1)89-53-25-13-29-57(41-53)93-61-33-37-65-69(45-61)77-82-73(65)81-74-66-38-34-63(95-59-31-15-27-55(43-59)91-51-21-9-3-10-22-51)47-71(66)79(83-74)88-80-72-48-64(96-60-32-16-28-56(44-60)92-52-23-11-4-12-24-52)36-40-68(72)76(87-80)86-78-70-46-62(35-39-67(70)75(84-77)85-78)94-58-30-14-26-54(42-58)90-50-19-7-2-8-20-50/h1-48H. The van der Waals surface area contributed by atoms with Crippen LogP contribution in [0.4, 0.5) is 0 Å². The molecule has 17 rings (SSSR count). The molecule has 0 fully saturated rings. The third kappa shape index (κ3) is 11.9. The molecule has 5 heterocycles. The molecule has 456 valence electrons. The summed E-state index contributed by atoms with van der Waals surface area (Å²) < 4.78 is 51.1. The first-order chi connectivity index (χ1) is 47.4. The van der Waals surface area contributed by atoms with Gasteiger partial charge in [0.05, 0.1) is 0 Å². The fraction of sp³-hybridized carbons (Fsp3) is 0. The van der Waals surface area contributed by atoms with E-state index < -0.39 is 0 Å². The van der Waals surface area contributed by atoms with Gasteiger partial charge in [-0.2, -0.15) is 0 Å². The topological polar surface area (TPSA) is 173 Å². The lowest BCUT2D eigenvalue weighted by molar-refractivity contribution is 0.459. The van der Waals surface area contributed by atoms with Crippen molar-refractivity contribution < 1.29 is 37.9 Å². The third-order valence-electron chi connectivity index (χ3n) is 15.7. The van der Waals surface area contributed by atoms with Crippen molar-refractivity contribution in [2.24, 2.45) is 39.9 Å². The second kappa shape index (κ2) is 24.6. The first-order valence-corrected chi connectivity index (χ1v) is 30.7. The van der Waals surface area contributed by atoms with E-state index in [0.29, 0.717) is 183 Å². The lowest BCUT2D eigenvalue weighted by Gasteiger charge is -2.11. The van der Waals surface area contributed by atoms with Crippen LogP contribution in [0.25, 0.3) is 0 Å². The van der Waals surface area contributed by atoms with Gasteiger partial charge in [-0.1, -0.05) is 97.1 Å². The SMILES string of the molecule is c1ccc(Oc2cccc(Oc3ccc4c(c3)C3=NC4=NC4=NC(=NC5=NC(=NC6=NC(=N3)c3ccc(Oc7cccc(Oc8ccccc8)c7)cc36)c3ccc(Oc6cccc(Oc7ccccc7)c6)cc35)c3cc(Oc5cccc(Oc6ccccc6)c5)ccc34)c2)cc1. The Balaban J connectivity index is 0.791. The highest BCUT2D eigenvalue weighted by atomic mass is 16.5. The van der Waals surface area contributed by atoms with Crippen LogP contribution in [0.15, 0.2) is 331 Å². The number of hydrogen-bond acceptors (Lipinski definition) is 16. The maximum Gasteiger partial charge on any atom is 0.164 e. The van der Waals surface area contributed by atoms with Crippen LogP contribution in [0.5, 0.6) is 92.0 Å². The Morgan fingerprint density at radius 2 is 0.281 bits per heavy atom. The number of fused-ring (bicyclic) bond motifs is 16. The van der Waals surface area contributed by atoms with Crippen LogP contribution in [-0.2, 0) is 0 Å². The zero-order chi connectivity index (χ0) is 63.7. The molecule has 0 aromatic heterocycles. The molecule has 5 aliphatic heterocycles. The Hall–Kier alpha value is -13.6. The van der Waals surface area contributed by atoms with Crippen molar-refractivity contribution in [1.29, 1.82) is 0 Å². The van der Waals surface area contributed by atoms with E-state index in [-0.39, 0.29) is 0 Å². The molecule has 0 spiro atoms. The molecule has 16 nitrogen and oxygen atoms in total. The van der Waals surface area contributed by atoms with Gasteiger partial charge in [-0.3, -0.25) is 0 Å². The molecule has 0 radical (unpaired) electrons. The van der Waals surface area contributed by atoms with E-state index in [9.17, 15) is 0 Å². The Morgan fingerprint density at radius 1 is 0.125 bits per heavy atom. The molecule has 16 heteroatoms. The molecule has 96 heavy (non-hydrogen) atoms. The number of amidine groups is 8. The molecule has 0 N–H and O–H groups in total. The minimum absolute atomic E-state index is 0.303. The summed E-state index contributed by atoms with van der Waals surface area (Å²) in [5.74, 6) is 12.1. The summed E-state index contributed by atoms with van der Waals surface area (Å²) in [6, 6.07) is 90.9. The van der Waals surface area contributed by atoms with Crippen LogP contribution < -0.4 is 37.9 Å². The number of benzene rings is 12. The van der Waals surface area contributed by atoms with E-state index in [1.54, 1.807) is 0 Å². The van der Waals surface area contributed by atoms with Crippen molar-refractivity contribution >= 4 is 46.7 Å². The van der Waals surface area contributed by atoms with Crippen molar-refractivity contribution in [2.75, 3.05) is 0 Å². The summed E-state index contributed by atoms with van der Waals surface area (Å²) in [7, 11) is 0. The summed E-state index contributed by atoms with van der Waals surface area (Å²) >= 11 is 0. The number of rotatable bonds is 16. The molecule has 0 saturated carbocycles. The van der Waals surface area contributed by atoms with Crippen LogP contribution in [0.2, 0.25) is 0 Å². The van der Waals surface area contributed by atoms with Gasteiger partial charge in [0.1, 0.15) is 92.0 Å². The van der Waals surface area contributed by atoms with Gasteiger partial charge in [0, 0.05) is 68.8 Å². The van der Waals surface area contributed by atoms with Crippen LogP contribution in [-0.4, -0.2) is 46.7 Å². The molecular weight excluding hydrogens is 1200 g/mol. The molecule has 5 aliphatic rings. The highest BCUT2D eigenvalue weighted by Gasteiger charge is 2.33. The molecule has 0 saturated heterocycles. The van der Waals surface area contributed by atoms with Gasteiger partial charge in [-0.05, 0) is 170 Å². The molecule has 0 atom stereocenters.